The molecular formula is C13H12Br2. The fourth-order valence-electron chi connectivity index (χ4n) is 1.82. The summed E-state index contributed by atoms with van der Waals surface area (Å²) in [5.74, 6) is 0. The second-order valence-corrected chi connectivity index (χ2v) is 4.72. The number of hydrogen-bond acceptors (Lipinski definition) is 0. The van der Waals surface area contributed by atoms with Crippen LogP contribution < -0.4 is 0 Å². The molecule has 0 spiro atoms. The van der Waals surface area contributed by atoms with Gasteiger partial charge >= 0.3 is 0 Å². The standard InChI is InChI=1S/C13H12Br2/c14-8-12-6-5-10-3-1-2-4-11(7-10)13(12)9-15/h1-6H,7-9H2. The molecule has 0 aliphatic heterocycles. The van der Waals surface area contributed by atoms with Gasteiger partial charge in [0, 0.05) is 10.7 Å². The number of allylic oxidation sites excluding steroid dienone is 10. The van der Waals surface area contributed by atoms with Crippen molar-refractivity contribution in [2.75, 3.05) is 10.7 Å². The van der Waals surface area contributed by atoms with Crippen LogP contribution in [0.4, 0.5) is 0 Å². The lowest BCUT2D eigenvalue weighted by Crippen LogP contribution is -1.96. The topological polar surface area (TPSA) is 0 Å². The van der Waals surface area contributed by atoms with Crippen LogP contribution in [0.25, 0.3) is 0 Å². The Labute approximate surface area is 107 Å². The van der Waals surface area contributed by atoms with E-state index in [4.69, 9.17) is 0 Å². The fourth-order valence-corrected chi connectivity index (χ4v) is 3.07. The molecule has 0 fully saturated rings. The van der Waals surface area contributed by atoms with E-state index in [0.717, 1.165) is 17.1 Å². The molecule has 0 heterocycles. The van der Waals surface area contributed by atoms with Crippen molar-refractivity contribution in [2.45, 2.75) is 6.42 Å². The first-order valence-electron chi connectivity index (χ1n) is 4.94. The molecule has 0 aromatic rings. The highest BCUT2D eigenvalue weighted by Crippen LogP contribution is 2.30. The van der Waals surface area contributed by atoms with Crippen molar-refractivity contribution in [1.29, 1.82) is 0 Å². The molecule has 0 aromatic heterocycles. The van der Waals surface area contributed by atoms with Crippen molar-refractivity contribution < 1.29 is 0 Å². The maximum Gasteiger partial charge on any atom is 0.0288 e. The first kappa shape index (κ1) is 11.2. The molecule has 0 atom stereocenters. The molecule has 2 bridgehead atoms. The summed E-state index contributed by atoms with van der Waals surface area (Å²) < 4.78 is 0. The number of rotatable bonds is 2. The minimum absolute atomic E-state index is 0.915. The van der Waals surface area contributed by atoms with E-state index in [1.165, 1.54) is 22.3 Å². The Morgan fingerprint density at radius 3 is 2.53 bits per heavy atom. The van der Waals surface area contributed by atoms with Gasteiger partial charge in [-0.25, -0.2) is 0 Å². The van der Waals surface area contributed by atoms with Gasteiger partial charge in [-0.2, -0.15) is 0 Å². The molecule has 2 aliphatic carbocycles. The van der Waals surface area contributed by atoms with Crippen molar-refractivity contribution >= 4 is 31.9 Å². The molecule has 0 saturated carbocycles. The molecule has 0 aromatic carbocycles. The second-order valence-electron chi connectivity index (χ2n) is 3.60. The zero-order valence-corrected chi connectivity index (χ0v) is 11.5. The molecule has 0 amide bonds. The molecule has 0 unspecified atom stereocenters. The van der Waals surface area contributed by atoms with Crippen LogP contribution in [0, 0.1) is 0 Å². The predicted octanol–water partition coefficient (Wildman–Crippen LogP) is 4.46. The van der Waals surface area contributed by atoms with Crippen molar-refractivity contribution in [1.82, 2.24) is 0 Å². The van der Waals surface area contributed by atoms with E-state index < -0.39 is 0 Å². The van der Waals surface area contributed by atoms with Crippen molar-refractivity contribution in [3.63, 3.8) is 0 Å². The molecule has 0 radical (unpaired) electrons. The lowest BCUT2D eigenvalue weighted by Gasteiger charge is -2.09. The van der Waals surface area contributed by atoms with E-state index in [1.54, 1.807) is 0 Å². The minimum atomic E-state index is 0.915. The second kappa shape index (κ2) is 5.13. The quantitative estimate of drug-likeness (QED) is 0.657. The van der Waals surface area contributed by atoms with Crippen LogP contribution in [-0.4, -0.2) is 10.7 Å². The van der Waals surface area contributed by atoms with E-state index in [2.05, 4.69) is 68.3 Å². The Morgan fingerprint density at radius 1 is 1.00 bits per heavy atom. The predicted molar refractivity (Wildman–Crippen MR) is 73.7 cm³/mol. The molecule has 2 rings (SSSR count). The summed E-state index contributed by atoms with van der Waals surface area (Å²) in [6, 6.07) is 0. The first-order valence-corrected chi connectivity index (χ1v) is 7.18. The monoisotopic (exact) mass is 326 g/mol. The molecule has 0 saturated heterocycles. The SMILES string of the molecule is BrCC1=C(CBr)C2=CC=CC=C(C=C1)C2. The summed E-state index contributed by atoms with van der Waals surface area (Å²) in [6.45, 7) is 0. The maximum atomic E-state index is 3.58. The third-order valence-electron chi connectivity index (χ3n) is 2.66. The van der Waals surface area contributed by atoms with Crippen LogP contribution in [0.5, 0.6) is 0 Å². The van der Waals surface area contributed by atoms with Crippen LogP contribution in [0.3, 0.4) is 0 Å². The number of halogens is 2. The van der Waals surface area contributed by atoms with E-state index >= 15 is 0 Å². The molecular weight excluding hydrogens is 316 g/mol. The zero-order chi connectivity index (χ0) is 10.7. The number of fused-ring (bicyclic) bond motifs is 2. The van der Waals surface area contributed by atoms with Crippen LogP contribution in [0.2, 0.25) is 0 Å². The summed E-state index contributed by atoms with van der Waals surface area (Å²) in [7, 11) is 0. The Bertz CT molecular complexity index is 406. The molecule has 0 nitrogen and oxygen atoms in total. The van der Waals surface area contributed by atoms with Crippen LogP contribution in [-0.2, 0) is 0 Å². The molecule has 15 heavy (non-hydrogen) atoms. The molecule has 0 N–H and O–H groups in total. The average molecular weight is 328 g/mol. The van der Waals surface area contributed by atoms with Gasteiger partial charge in [0.2, 0.25) is 0 Å². The van der Waals surface area contributed by atoms with Crippen LogP contribution >= 0.6 is 31.9 Å². The van der Waals surface area contributed by atoms with Gasteiger partial charge in [0.15, 0.2) is 0 Å². The highest BCUT2D eigenvalue weighted by atomic mass is 79.9. The van der Waals surface area contributed by atoms with Gasteiger partial charge in [-0.3, -0.25) is 0 Å². The first-order chi connectivity index (χ1) is 7.35. The highest BCUT2D eigenvalue weighted by molar-refractivity contribution is 9.09. The summed E-state index contributed by atoms with van der Waals surface area (Å²) in [5.41, 5.74) is 5.59. The number of alkyl halides is 2. The van der Waals surface area contributed by atoms with Gasteiger partial charge in [0.25, 0.3) is 0 Å². The minimum Gasteiger partial charge on any atom is -0.0876 e. The summed E-state index contributed by atoms with van der Waals surface area (Å²) in [4.78, 5) is 0. The van der Waals surface area contributed by atoms with E-state index in [9.17, 15) is 0 Å². The molecule has 2 heteroatoms. The third kappa shape index (κ3) is 2.43. The van der Waals surface area contributed by atoms with Crippen LogP contribution in [0.15, 0.2) is 58.7 Å². The Hall–Kier alpha value is -0.340. The van der Waals surface area contributed by atoms with Crippen molar-refractivity contribution in [3.05, 3.63) is 58.7 Å². The summed E-state index contributed by atoms with van der Waals surface area (Å²) in [5, 5.41) is 1.84. The third-order valence-corrected chi connectivity index (χ3v) is 3.83. The van der Waals surface area contributed by atoms with E-state index in [1.807, 2.05) is 0 Å². The highest BCUT2D eigenvalue weighted by Gasteiger charge is 2.13. The Balaban J connectivity index is 2.52. The lowest BCUT2D eigenvalue weighted by molar-refractivity contribution is 1.17. The van der Waals surface area contributed by atoms with Crippen molar-refractivity contribution in [3.8, 4) is 0 Å². The van der Waals surface area contributed by atoms with Gasteiger partial charge in [-0.1, -0.05) is 68.3 Å². The number of hydrogen-bond donors (Lipinski definition) is 0. The maximum absolute atomic E-state index is 3.58. The molecule has 2 aliphatic rings. The normalized spacial score (nSPS) is 19.6. The smallest absolute Gasteiger partial charge is 0.0288 e. The fraction of sp³-hybridized carbons (Fsp3) is 0.231. The van der Waals surface area contributed by atoms with Crippen LogP contribution in [0.1, 0.15) is 6.42 Å². The lowest BCUT2D eigenvalue weighted by atomic mass is 9.99. The van der Waals surface area contributed by atoms with Gasteiger partial charge in [-0.15, -0.1) is 0 Å². The largest absolute Gasteiger partial charge is 0.0876 e. The molecule has 78 valence electrons. The summed E-state index contributed by atoms with van der Waals surface area (Å²) >= 11 is 7.13. The van der Waals surface area contributed by atoms with Gasteiger partial charge in [0.05, 0.1) is 0 Å². The Morgan fingerprint density at radius 2 is 1.80 bits per heavy atom. The van der Waals surface area contributed by atoms with Crippen molar-refractivity contribution in [2.24, 2.45) is 0 Å². The van der Waals surface area contributed by atoms with E-state index in [0.29, 0.717) is 0 Å². The van der Waals surface area contributed by atoms with E-state index in [-0.39, 0.29) is 0 Å². The average Bonchev–Trinajstić information content (AvgIpc) is 2.58. The zero-order valence-electron chi connectivity index (χ0n) is 8.34. The Kier molecular flexibility index (Phi) is 3.81. The van der Waals surface area contributed by atoms with Gasteiger partial charge < -0.3 is 0 Å². The van der Waals surface area contributed by atoms with Gasteiger partial charge in [0.1, 0.15) is 0 Å². The summed E-state index contributed by atoms with van der Waals surface area (Å²) in [6.07, 6.45) is 14.1. The van der Waals surface area contributed by atoms with Gasteiger partial charge in [-0.05, 0) is 28.7 Å².